The molecule has 0 aliphatic heterocycles. The van der Waals surface area contributed by atoms with Crippen LogP contribution >= 0.6 is 23.1 Å². The summed E-state index contributed by atoms with van der Waals surface area (Å²) in [5.41, 5.74) is 7.07. The number of nitrogens with one attached hydrogen (secondary N) is 3. The van der Waals surface area contributed by atoms with E-state index in [9.17, 15) is 4.79 Å². The van der Waals surface area contributed by atoms with Crippen LogP contribution in [0.4, 0.5) is 5.13 Å². The van der Waals surface area contributed by atoms with Gasteiger partial charge in [-0.1, -0.05) is 23.5 Å². The van der Waals surface area contributed by atoms with Crippen molar-refractivity contribution in [2.45, 2.75) is 32.1 Å². The van der Waals surface area contributed by atoms with E-state index in [0.717, 1.165) is 52.5 Å². The third kappa shape index (κ3) is 6.61. The molecule has 2 heterocycles. The molecule has 0 spiro atoms. The predicted molar refractivity (Wildman–Crippen MR) is 119 cm³/mol. The van der Waals surface area contributed by atoms with E-state index in [1.807, 2.05) is 30.3 Å². The number of amides is 1. The molecule has 0 aliphatic rings. The van der Waals surface area contributed by atoms with Gasteiger partial charge in [-0.2, -0.15) is 0 Å². The number of carbonyl (C=O) groups is 1. The van der Waals surface area contributed by atoms with Crippen LogP contribution in [0.25, 0.3) is 10.9 Å². The van der Waals surface area contributed by atoms with Crippen LogP contribution in [0.1, 0.15) is 29.8 Å². The molecule has 0 atom stereocenters. The molecule has 0 saturated heterocycles. The molecule has 0 bridgehead atoms. The number of anilines is 1. The number of nitrogens with two attached hydrogens (primary N) is 1. The summed E-state index contributed by atoms with van der Waals surface area (Å²) in [4.78, 5) is 16.6. The average Bonchev–Trinajstić information content (AvgIpc) is 3.11. The molecule has 0 radical (unpaired) electrons. The van der Waals surface area contributed by atoms with Crippen LogP contribution in [0.2, 0.25) is 0 Å². The Balaban J connectivity index is 1.44. The van der Waals surface area contributed by atoms with Gasteiger partial charge in [0.2, 0.25) is 11.0 Å². The molecule has 0 fully saturated rings. The van der Waals surface area contributed by atoms with Crippen molar-refractivity contribution in [3.8, 4) is 0 Å². The van der Waals surface area contributed by atoms with Crippen molar-refractivity contribution in [2.24, 2.45) is 5.73 Å². The summed E-state index contributed by atoms with van der Waals surface area (Å²) in [6.45, 7) is 0. The number of carbonyl (C=O) groups excluding carboxylic acids is 1. The third-order valence-electron chi connectivity index (χ3n) is 4.02. The standard InChI is InChI=1S/C19H21N7OS2/c20-15(28-18(21)22)5-1-2-6-17-25-26-19(29-17)24-16(27)11-12-7-8-14-13(10-12)4-3-9-23-14/h3-4,7-10,20H,1-2,5-6,11H2,(H3,21,22)(H,24,26,27). The van der Waals surface area contributed by atoms with E-state index < -0.39 is 0 Å². The number of rotatable bonds is 8. The largest absolute Gasteiger partial charge is 0.378 e. The van der Waals surface area contributed by atoms with Gasteiger partial charge >= 0.3 is 0 Å². The highest BCUT2D eigenvalue weighted by atomic mass is 32.2. The summed E-state index contributed by atoms with van der Waals surface area (Å²) in [5.74, 6) is -0.134. The van der Waals surface area contributed by atoms with Crippen LogP contribution < -0.4 is 11.1 Å². The molecule has 1 amide bonds. The Labute approximate surface area is 176 Å². The second-order valence-electron chi connectivity index (χ2n) is 6.35. The number of aromatic nitrogens is 3. The van der Waals surface area contributed by atoms with Gasteiger partial charge in [-0.25, -0.2) is 0 Å². The molecule has 150 valence electrons. The zero-order valence-electron chi connectivity index (χ0n) is 15.6. The summed E-state index contributed by atoms with van der Waals surface area (Å²) in [7, 11) is 0. The zero-order valence-corrected chi connectivity index (χ0v) is 17.3. The lowest BCUT2D eigenvalue weighted by molar-refractivity contribution is -0.115. The van der Waals surface area contributed by atoms with Crippen LogP contribution in [0, 0.1) is 10.8 Å². The van der Waals surface area contributed by atoms with E-state index in [0.29, 0.717) is 16.6 Å². The Morgan fingerprint density at radius 2 is 2.07 bits per heavy atom. The van der Waals surface area contributed by atoms with Crippen LogP contribution in [0.3, 0.4) is 0 Å². The van der Waals surface area contributed by atoms with Gasteiger partial charge < -0.3 is 11.1 Å². The van der Waals surface area contributed by atoms with Crippen molar-refractivity contribution in [1.29, 1.82) is 10.8 Å². The summed E-state index contributed by atoms with van der Waals surface area (Å²) >= 11 is 2.35. The second-order valence-corrected chi connectivity index (χ2v) is 8.55. The second kappa shape index (κ2) is 10.1. The van der Waals surface area contributed by atoms with Crippen molar-refractivity contribution in [1.82, 2.24) is 15.2 Å². The number of benzene rings is 1. The summed E-state index contributed by atoms with van der Waals surface area (Å²) < 4.78 is 0. The van der Waals surface area contributed by atoms with Crippen molar-refractivity contribution in [2.75, 3.05) is 5.32 Å². The number of hydrogen-bond acceptors (Lipinski definition) is 8. The molecule has 0 unspecified atom stereocenters. The van der Waals surface area contributed by atoms with Gasteiger partial charge in [-0.3, -0.25) is 20.6 Å². The molecule has 3 rings (SSSR count). The van der Waals surface area contributed by atoms with E-state index in [1.54, 1.807) is 6.20 Å². The van der Waals surface area contributed by atoms with Gasteiger partial charge in [0.15, 0.2) is 5.17 Å². The maximum absolute atomic E-state index is 12.3. The topological polar surface area (TPSA) is 141 Å². The van der Waals surface area contributed by atoms with Crippen molar-refractivity contribution in [3.05, 3.63) is 47.1 Å². The van der Waals surface area contributed by atoms with E-state index in [-0.39, 0.29) is 17.5 Å². The first-order chi connectivity index (χ1) is 14.0. The highest BCUT2D eigenvalue weighted by molar-refractivity contribution is 8.26. The minimum atomic E-state index is -0.134. The molecule has 29 heavy (non-hydrogen) atoms. The highest BCUT2D eigenvalue weighted by Crippen LogP contribution is 2.19. The predicted octanol–water partition coefficient (Wildman–Crippen LogP) is 3.58. The molecule has 5 N–H and O–H groups in total. The number of fused-ring (bicyclic) bond motifs is 1. The minimum absolute atomic E-state index is 0.0557. The molecule has 0 aliphatic carbocycles. The molecule has 0 saturated carbocycles. The molecular weight excluding hydrogens is 406 g/mol. The lowest BCUT2D eigenvalue weighted by atomic mass is 10.1. The number of hydrogen-bond donors (Lipinski definition) is 4. The molecule has 1 aromatic carbocycles. The Hall–Kier alpha value is -2.85. The Morgan fingerprint density at radius 1 is 1.21 bits per heavy atom. The smallest absolute Gasteiger partial charge is 0.230 e. The first kappa shape index (κ1) is 20.9. The van der Waals surface area contributed by atoms with E-state index in [2.05, 4.69) is 20.5 Å². The maximum atomic E-state index is 12.3. The molecule has 8 nitrogen and oxygen atoms in total. The van der Waals surface area contributed by atoms with Gasteiger partial charge in [-0.05, 0) is 54.8 Å². The monoisotopic (exact) mass is 427 g/mol. The van der Waals surface area contributed by atoms with Gasteiger partial charge in [0.25, 0.3) is 0 Å². The molecule has 2 aromatic heterocycles. The number of pyridine rings is 1. The Bertz CT molecular complexity index is 1030. The number of unbranched alkanes of at least 4 members (excludes halogenated alkanes) is 1. The van der Waals surface area contributed by atoms with Gasteiger partial charge in [0, 0.05) is 18.0 Å². The first-order valence-corrected chi connectivity index (χ1v) is 10.7. The minimum Gasteiger partial charge on any atom is -0.378 e. The van der Waals surface area contributed by atoms with Gasteiger partial charge in [-0.15, -0.1) is 10.2 Å². The average molecular weight is 428 g/mol. The first-order valence-electron chi connectivity index (χ1n) is 9.05. The SMILES string of the molecule is N=C(N)SC(=N)CCCCc1nnc(NC(=O)Cc2ccc3ncccc3c2)s1. The van der Waals surface area contributed by atoms with Crippen LogP contribution in [-0.4, -0.2) is 31.3 Å². The normalized spacial score (nSPS) is 10.8. The summed E-state index contributed by atoms with van der Waals surface area (Å²) in [6, 6.07) is 9.63. The summed E-state index contributed by atoms with van der Waals surface area (Å²) in [5, 5.41) is 28.5. The lowest BCUT2D eigenvalue weighted by Gasteiger charge is -2.03. The van der Waals surface area contributed by atoms with Crippen molar-refractivity contribution < 1.29 is 4.79 Å². The number of thioether (sulfide) groups is 1. The van der Waals surface area contributed by atoms with Crippen LogP contribution in [-0.2, 0) is 17.6 Å². The Kier molecular flexibility index (Phi) is 7.25. The number of nitrogens with zero attached hydrogens (tertiary/aromatic N) is 3. The van der Waals surface area contributed by atoms with E-state index in [4.69, 9.17) is 16.6 Å². The molecular formula is C19H21N7OS2. The fraction of sp³-hybridized carbons (Fsp3) is 0.263. The zero-order chi connectivity index (χ0) is 20.6. The van der Waals surface area contributed by atoms with E-state index >= 15 is 0 Å². The fourth-order valence-electron chi connectivity index (χ4n) is 2.73. The van der Waals surface area contributed by atoms with Crippen molar-refractivity contribution >= 4 is 55.3 Å². The number of aryl methyl sites for hydroxylation is 1. The van der Waals surface area contributed by atoms with Gasteiger partial charge in [0.05, 0.1) is 17.0 Å². The quantitative estimate of drug-likeness (QED) is 0.246. The van der Waals surface area contributed by atoms with Gasteiger partial charge in [0.1, 0.15) is 5.01 Å². The summed E-state index contributed by atoms with van der Waals surface area (Å²) in [6.07, 6.45) is 5.01. The fourth-order valence-corrected chi connectivity index (χ4v) is 4.04. The molecule has 10 heteroatoms. The third-order valence-corrected chi connectivity index (χ3v) is 5.59. The molecule has 3 aromatic rings. The van der Waals surface area contributed by atoms with Crippen LogP contribution in [0.5, 0.6) is 0 Å². The Morgan fingerprint density at radius 3 is 2.90 bits per heavy atom. The van der Waals surface area contributed by atoms with E-state index in [1.165, 1.54) is 11.3 Å². The lowest BCUT2D eigenvalue weighted by Crippen LogP contribution is -2.14. The highest BCUT2D eigenvalue weighted by Gasteiger charge is 2.10. The number of amidine groups is 1. The van der Waals surface area contributed by atoms with Crippen LogP contribution in [0.15, 0.2) is 36.5 Å². The maximum Gasteiger partial charge on any atom is 0.230 e. The van der Waals surface area contributed by atoms with Crippen molar-refractivity contribution in [3.63, 3.8) is 0 Å².